The van der Waals surface area contributed by atoms with Crippen molar-refractivity contribution in [3.8, 4) is 17.0 Å². The number of hydrogen-bond acceptors (Lipinski definition) is 6. The van der Waals surface area contributed by atoms with Crippen LogP contribution in [0.15, 0.2) is 79.3 Å². The number of aromatic nitrogens is 3. The van der Waals surface area contributed by atoms with Gasteiger partial charge < -0.3 is 15.4 Å². The molecule has 0 aliphatic rings. The molecule has 1 amide bonds. The molecule has 2 heterocycles. The van der Waals surface area contributed by atoms with Gasteiger partial charge in [-0.05, 0) is 55.3 Å². The molecule has 0 aliphatic carbocycles. The third-order valence-corrected chi connectivity index (χ3v) is 5.45. The van der Waals surface area contributed by atoms with Crippen molar-refractivity contribution in [2.75, 3.05) is 17.7 Å². The monoisotopic (exact) mass is 453 g/mol. The smallest absolute Gasteiger partial charge is 0.257 e. The summed E-state index contributed by atoms with van der Waals surface area (Å²) in [6.07, 6.45) is 5.85. The highest BCUT2D eigenvalue weighted by Crippen LogP contribution is 2.26. The molecular weight excluding hydrogens is 426 g/mol. The van der Waals surface area contributed by atoms with E-state index in [1.165, 1.54) is 0 Å². The van der Waals surface area contributed by atoms with Crippen molar-refractivity contribution in [1.82, 2.24) is 15.0 Å². The van der Waals surface area contributed by atoms with E-state index in [4.69, 9.17) is 9.72 Å². The molecule has 34 heavy (non-hydrogen) atoms. The van der Waals surface area contributed by atoms with Gasteiger partial charge in [0.25, 0.3) is 5.91 Å². The van der Waals surface area contributed by atoms with E-state index >= 15 is 0 Å². The number of ether oxygens (including phenoxy) is 1. The molecular formula is C27H27N5O2. The Morgan fingerprint density at radius 2 is 1.88 bits per heavy atom. The summed E-state index contributed by atoms with van der Waals surface area (Å²) >= 11 is 0. The van der Waals surface area contributed by atoms with Gasteiger partial charge in [-0.15, -0.1) is 0 Å². The topological polar surface area (TPSA) is 89.0 Å². The quantitative estimate of drug-likeness (QED) is 0.357. The molecule has 2 aromatic carbocycles. The van der Waals surface area contributed by atoms with Gasteiger partial charge in [-0.1, -0.05) is 31.2 Å². The zero-order valence-electron chi connectivity index (χ0n) is 19.4. The van der Waals surface area contributed by atoms with Gasteiger partial charge in [-0.2, -0.15) is 0 Å². The lowest BCUT2D eigenvalue weighted by Gasteiger charge is -2.19. The zero-order chi connectivity index (χ0) is 23.9. The van der Waals surface area contributed by atoms with Gasteiger partial charge >= 0.3 is 0 Å². The average molecular weight is 454 g/mol. The Hall–Kier alpha value is -4.26. The number of nitrogens with one attached hydrogen (secondary N) is 2. The second-order valence-corrected chi connectivity index (χ2v) is 7.89. The Labute approximate surface area is 199 Å². The first-order chi connectivity index (χ1) is 16.6. The first kappa shape index (κ1) is 22.9. The largest absolute Gasteiger partial charge is 0.497 e. The lowest BCUT2D eigenvalue weighted by molar-refractivity contribution is 0.102. The van der Waals surface area contributed by atoms with Crippen molar-refractivity contribution >= 4 is 17.4 Å². The molecule has 0 saturated carbocycles. The van der Waals surface area contributed by atoms with Gasteiger partial charge in [-0.25, -0.2) is 4.98 Å². The summed E-state index contributed by atoms with van der Waals surface area (Å²) in [4.78, 5) is 25.9. The lowest BCUT2D eigenvalue weighted by atomic mass is 10.0. The number of carbonyl (C=O) groups excluding carboxylic acids is 1. The molecule has 0 spiro atoms. The normalized spacial score (nSPS) is 11.5. The molecule has 1 atom stereocenters. The molecule has 0 bridgehead atoms. The molecule has 7 heteroatoms. The molecule has 0 aliphatic heterocycles. The van der Waals surface area contributed by atoms with Gasteiger partial charge in [0.15, 0.2) is 0 Å². The Morgan fingerprint density at radius 3 is 2.65 bits per heavy atom. The first-order valence-electron chi connectivity index (χ1n) is 11.1. The van der Waals surface area contributed by atoms with Gasteiger partial charge in [0, 0.05) is 23.1 Å². The van der Waals surface area contributed by atoms with Crippen LogP contribution in [0, 0.1) is 6.92 Å². The zero-order valence-corrected chi connectivity index (χ0v) is 19.4. The van der Waals surface area contributed by atoms with Crippen LogP contribution in [0.3, 0.4) is 0 Å². The molecule has 172 valence electrons. The van der Waals surface area contributed by atoms with E-state index in [0.717, 1.165) is 40.4 Å². The predicted molar refractivity (Wildman–Crippen MR) is 134 cm³/mol. The van der Waals surface area contributed by atoms with Crippen LogP contribution in [0.4, 0.5) is 11.5 Å². The van der Waals surface area contributed by atoms with E-state index in [0.29, 0.717) is 11.4 Å². The molecule has 0 saturated heterocycles. The fourth-order valence-electron chi connectivity index (χ4n) is 3.60. The van der Waals surface area contributed by atoms with E-state index in [1.54, 1.807) is 31.8 Å². The van der Waals surface area contributed by atoms with Crippen molar-refractivity contribution < 1.29 is 9.53 Å². The van der Waals surface area contributed by atoms with Crippen LogP contribution in [0.25, 0.3) is 11.3 Å². The van der Waals surface area contributed by atoms with Crippen LogP contribution in [-0.2, 0) is 0 Å². The van der Waals surface area contributed by atoms with Crippen molar-refractivity contribution in [3.63, 3.8) is 0 Å². The summed E-state index contributed by atoms with van der Waals surface area (Å²) in [6, 6.07) is 19.1. The molecule has 0 fully saturated rings. The number of benzene rings is 2. The summed E-state index contributed by atoms with van der Waals surface area (Å²) < 4.78 is 5.32. The van der Waals surface area contributed by atoms with Crippen LogP contribution >= 0.6 is 0 Å². The van der Waals surface area contributed by atoms with Crippen LogP contribution in [0.2, 0.25) is 0 Å². The number of pyridine rings is 1. The third-order valence-electron chi connectivity index (χ3n) is 5.45. The van der Waals surface area contributed by atoms with Gasteiger partial charge in [0.05, 0.1) is 36.8 Å². The van der Waals surface area contributed by atoms with Crippen molar-refractivity contribution in [1.29, 1.82) is 0 Å². The minimum atomic E-state index is -0.192. The fraction of sp³-hybridized carbons (Fsp3) is 0.185. The van der Waals surface area contributed by atoms with E-state index < -0.39 is 0 Å². The van der Waals surface area contributed by atoms with Crippen molar-refractivity contribution in [2.24, 2.45) is 0 Å². The maximum absolute atomic E-state index is 12.6. The second kappa shape index (κ2) is 10.6. The minimum absolute atomic E-state index is 0.00671. The standard InChI is InChI=1S/C27H27N5O2/c1-4-24(31-26-17-28-16-25(32-26)20-8-6-10-23(14-20)34-3)19-7-5-9-22(13-19)30-27(33)21-12-11-18(2)29-15-21/h5-17,24H,4H2,1-3H3,(H,30,33)(H,31,32). The lowest BCUT2D eigenvalue weighted by Crippen LogP contribution is -2.14. The molecule has 4 rings (SSSR count). The molecule has 2 N–H and O–H groups in total. The third kappa shape index (κ3) is 5.56. The molecule has 2 aromatic heterocycles. The Balaban J connectivity index is 1.51. The van der Waals surface area contributed by atoms with E-state index in [9.17, 15) is 4.79 Å². The predicted octanol–water partition coefficient (Wildman–Crippen LogP) is 5.67. The summed E-state index contributed by atoms with van der Waals surface area (Å²) in [6.45, 7) is 3.99. The second-order valence-electron chi connectivity index (χ2n) is 7.89. The Kier molecular flexibility index (Phi) is 7.13. The summed E-state index contributed by atoms with van der Waals surface area (Å²) in [5.74, 6) is 1.25. The summed E-state index contributed by atoms with van der Waals surface area (Å²) in [7, 11) is 1.64. The Bertz CT molecular complexity index is 1270. The van der Waals surface area contributed by atoms with E-state index in [-0.39, 0.29) is 11.9 Å². The van der Waals surface area contributed by atoms with Crippen LogP contribution in [-0.4, -0.2) is 28.0 Å². The highest BCUT2D eigenvalue weighted by molar-refractivity contribution is 6.04. The van der Waals surface area contributed by atoms with Gasteiger partial charge in [0.1, 0.15) is 11.6 Å². The number of nitrogens with zero attached hydrogens (tertiary/aromatic N) is 3. The maximum Gasteiger partial charge on any atom is 0.257 e. The molecule has 7 nitrogen and oxygen atoms in total. The number of rotatable bonds is 8. The minimum Gasteiger partial charge on any atom is -0.497 e. The van der Waals surface area contributed by atoms with Gasteiger partial charge in [-0.3, -0.25) is 14.8 Å². The summed E-state index contributed by atoms with van der Waals surface area (Å²) in [5.41, 5.74) is 4.83. The summed E-state index contributed by atoms with van der Waals surface area (Å²) in [5, 5.41) is 6.43. The average Bonchev–Trinajstić information content (AvgIpc) is 2.88. The number of carbonyl (C=O) groups is 1. The van der Waals surface area contributed by atoms with E-state index in [1.807, 2.05) is 61.5 Å². The number of methoxy groups -OCH3 is 1. The SMILES string of the molecule is CCC(Nc1cncc(-c2cccc(OC)c2)n1)c1cccc(NC(=O)c2ccc(C)nc2)c1. The number of anilines is 2. The van der Waals surface area contributed by atoms with Crippen molar-refractivity contribution in [2.45, 2.75) is 26.3 Å². The highest BCUT2D eigenvalue weighted by atomic mass is 16.5. The highest BCUT2D eigenvalue weighted by Gasteiger charge is 2.13. The Morgan fingerprint density at radius 1 is 1.03 bits per heavy atom. The maximum atomic E-state index is 12.6. The first-order valence-corrected chi connectivity index (χ1v) is 11.1. The van der Waals surface area contributed by atoms with E-state index in [2.05, 4.69) is 27.5 Å². The number of amides is 1. The van der Waals surface area contributed by atoms with Crippen LogP contribution in [0.1, 0.15) is 41.0 Å². The van der Waals surface area contributed by atoms with Crippen LogP contribution in [0.5, 0.6) is 5.75 Å². The molecule has 4 aromatic rings. The fourth-order valence-corrected chi connectivity index (χ4v) is 3.60. The van der Waals surface area contributed by atoms with Gasteiger partial charge in [0.2, 0.25) is 0 Å². The van der Waals surface area contributed by atoms with Crippen molar-refractivity contribution in [3.05, 3.63) is 96.1 Å². The molecule has 0 radical (unpaired) electrons. The number of hydrogen-bond donors (Lipinski definition) is 2. The molecule has 1 unspecified atom stereocenters. The van der Waals surface area contributed by atoms with Crippen LogP contribution < -0.4 is 15.4 Å². The number of aryl methyl sites for hydroxylation is 1.